The molecule has 1 aromatic rings. The van der Waals surface area contributed by atoms with Crippen LogP contribution in [0.15, 0.2) is 23.8 Å². The van der Waals surface area contributed by atoms with Crippen molar-refractivity contribution in [3.05, 3.63) is 35.0 Å². The summed E-state index contributed by atoms with van der Waals surface area (Å²) < 4.78 is 38.1. The van der Waals surface area contributed by atoms with Crippen molar-refractivity contribution in [1.29, 1.82) is 0 Å². The molecule has 2 N–H and O–H groups in total. The molecule has 22 heavy (non-hydrogen) atoms. The molecule has 0 unspecified atom stereocenters. The molecule has 120 valence electrons. The SMILES string of the molecule is CN1CC=C(CNc2nc(C(F)(F)F)ccc2C(=O)O)CC1. The average molecular weight is 315 g/mol. The Bertz CT molecular complexity index is 599. The first kappa shape index (κ1) is 16.3. The molecule has 1 aromatic heterocycles. The van der Waals surface area contributed by atoms with Crippen molar-refractivity contribution < 1.29 is 23.1 Å². The van der Waals surface area contributed by atoms with Crippen LogP contribution in [-0.2, 0) is 6.18 Å². The zero-order valence-electron chi connectivity index (χ0n) is 11.9. The molecule has 0 radical (unpaired) electrons. The van der Waals surface area contributed by atoms with Crippen LogP contribution in [0.2, 0.25) is 0 Å². The normalized spacial score (nSPS) is 16.3. The van der Waals surface area contributed by atoms with Gasteiger partial charge in [-0.25, -0.2) is 9.78 Å². The molecule has 0 bridgehead atoms. The fraction of sp³-hybridized carbons (Fsp3) is 0.429. The van der Waals surface area contributed by atoms with Crippen molar-refractivity contribution in [2.24, 2.45) is 0 Å². The molecule has 1 aliphatic rings. The molecule has 0 atom stereocenters. The number of nitrogens with one attached hydrogen (secondary N) is 1. The molecule has 0 saturated heterocycles. The Kier molecular flexibility index (Phi) is 4.70. The number of pyridine rings is 1. The number of alkyl halides is 3. The van der Waals surface area contributed by atoms with Crippen LogP contribution in [0.3, 0.4) is 0 Å². The van der Waals surface area contributed by atoms with Gasteiger partial charge in [0.15, 0.2) is 0 Å². The second kappa shape index (κ2) is 6.35. The van der Waals surface area contributed by atoms with E-state index in [1.807, 2.05) is 13.1 Å². The first-order chi connectivity index (χ1) is 10.3. The quantitative estimate of drug-likeness (QED) is 0.836. The second-order valence-corrected chi connectivity index (χ2v) is 5.12. The van der Waals surface area contributed by atoms with E-state index in [1.54, 1.807) is 0 Å². The van der Waals surface area contributed by atoms with E-state index in [-0.39, 0.29) is 17.9 Å². The highest BCUT2D eigenvalue weighted by Gasteiger charge is 2.33. The number of aromatic carboxylic acids is 1. The van der Waals surface area contributed by atoms with E-state index < -0.39 is 17.8 Å². The molecule has 0 aromatic carbocycles. The number of aromatic nitrogens is 1. The molecule has 2 heterocycles. The number of carboxylic acids is 1. The lowest BCUT2D eigenvalue weighted by molar-refractivity contribution is -0.141. The minimum absolute atomic E-state index is 0.262. The maximum atomic E-state index is 12.7. The third-order valence-electron chi connectivity index (χ3n) is 3.41. The number of rotatable bonds is 4. The number of carbonyl (C=O) groups is 1. The van der Waals surface area contributed by atoms with Crippen LogP contribution >= 0.6 is 0 Å². The summed E-state index contributed by atoms with van der Waals surface area (Å²) in [4.78, 5) is 16.6. The van der Waals surface area contributed by atoms with Gasteiger partial charge < -0.3 is 15.3 Å². The molecular formula is C14H16F3N3O2. The number of hydrogen-bond acceptors (Lipinski definition) is 4. The van der Waals surface area contributed by atoms with Gasteiger partial charge in [-0.05, 0) is 25.6 Å². The minimum Gasteiger partial charge on any atom is -0.478 e. The lowest BCUT2D eigenvalue weighted by atomic mass is 10.1. The van der Waals surface area contributed by atoms with E-state index in [1.165, 1.54) is 0 Å². The van der Waals surface area contributed by atoms with Gasteiger partial charge in [0.05, 0.1) is 0 Å². The fourth-order valence-corrected chi connectivity index (χ4v) is 2.09. The van der Waals surface area contributed by atoms with Crippen LogP contribution in [-0.4, -0.2) is 47.6 Å². The van der Waals surface area contributed by atoms with E-state index in [0.717, 1.165) is 31.1 Å². The van der Waals surface area contributed by atoms with Crippen LogP contribution in [0.1, 0.15) is 22.5 Å². The molecule has 1 aliphatic heterocycles. The maximum absolute atomic E-state index is 12.7. The van der Waals surface area contributed by atoms with Crippen molar-refractivity contribution in [3.63, 3.8) is 0 Å². The molecule has 5 nitrogen and oxygen atoms in total. The van der Waals surface area contributed by atoms with Crippen LogP contribution in [0.4, 0.5) is 19.0 Å². The van der Waals surface area contributed by atoms with Gasteiger partial charge in [0.2, 0.25) is 0 Å². The Morgan fingerprint density at radius 1 is 1.45 bits per heavy atom. The number of hydrogen-bond donors (Lipinski definition) is 2. The maximum Gasteiger partial charge on any atom is 0.433 e. The molecule has 0 saturated carbocycles. The summed E-state index contributed by atoms with van der Waals surface area (Å²) in [5.74, 6) is -1.58. The van der Waals surface area contributed by atoms with Gasteiger partial charge in [-0.15, -0.1) is 0 Å². The molecule has 2 rings (SSSR count). The Morgan fingerprint density at radius 3 is 2.73 bits per heavy atom. The van der Waals surface area contributed by atoms with Gasteiger partial charge in [0.25, 0.3) is 0 Å². The van der Waals surface area contributed by atoms with E-state index >= 15 is 0 Å². The van der Waals surface area contributed by atoms with E-state index in [2.05, 4.69) is 15.2 Å². The van der Waals surface area contributed by atoms with E-state index in [0.29, 0.717) is 6.07 Å². The number of likely N-dealkylation sites (N-methyl/N-ethyl adjacent to an activating group) is 1. The predicted octanol–water partition coefficient (Wildman–Crippen LogP) is 2.47. The highest BCUT2D eigenvalue weighted by molar-refractivity contribution is 5.93. The monoisotopic (exact) mass is 315 g/mol. The first-order valence-corrected chi connectivity index (χ1v) is 6.69. The van der Waals surface area contributed by atoms with Gasteiger partial charge in [0, 0.05) is 19.6 Å². The van der Waals surface area contributed by atoms with Crippen molar-refractivity contribution in [2.75, 3.05) is 32.0 Å². The largest absolute Gasteiger partial charge is 0.478 e. The minimum atomic E-state index is -4.61. The van der Waals surface area contributed by atoms with Crippen molar-refractivity contribution in [1.82, 2.24) is 9.88 Å². The topological polar surface area (TPSA) is 65.5 Å². The van der Waals surface area contributed by atoms with Crippen LogP contribution in [0, 0.1) is 0 Å². The summed E-state index contributed by atoms with van der Waals surface area (Å²) in [5, 5.41) is 11.8. The van der Waals surface area contributed by atoms with Gasteiger partial charge in [0.1, 0.15) is 17.1 Å². The molecule has 0 fully saturated rings. The summed E-state index contributed by atoms with van der Waals surface area (Å²) >= 11 is 0. The molecule has 0 amide bonds. The molecular weight excluding hydrogens is 299 g/mol. The summed E-state index contributed by atoms with van der Waals surface area (Å²) in [7, 11) is 1.97. The number of anilines is 1. The van der Waals surface area contributed by atoms with Crippen molar-refractivity contribution in [3.8, 4) is 0 Å². The van der Waals surface area contributed by atoms with Gasteiger partial charge in [-0.3, -0.25) is 0 Å². The van der Waals surface area contributed by atoms with Crippen LogP contribution in [0.25, 0.3) is 0 Å². The van der Waals surface area contributed by atoms with Gasteiger partial charge in [-0.2, -0.15) is 13.2 Å². The lowest BCUT2D eigenvalue weighted by Crippen LogP contribution is -2.26. The van der Waals surface area contributed by atoms with Gasteiger partial charge >= 0.3 is 12.1 Å². The third kappa shape index (κ3) is 3.97. The van der Waals surface area contributed by atoms with E-state index in [9.17, 15) is 18.0 Å². The zero-order chi connectivity index (χ0) is 16.3. The van der Waals surface area contributed by atoms with Crippen LogP contribution < -0.4 is 5.32 Å². The Hall–Kier alpha value is -2.09. The third-order valence-corrected chi connectivity index (χ3v) is 3.41. The Morgan fingerprint density at radius 2 is 2.18 bits per heavy atom. The summed E-state index contributed by atoms with van der Waals surface area (Å²) in [6.07, 6.45) is -1.85. The predicted molar refractivity (Wildman–Crippen MR) is 74.9 cm³/mol. The molecule has 0 aliphatic carbocycles. The average Bonchev–Trinajstić information content (AvgIpc) is 2.45. The zero-order valence-corrected chi connectivity index (χ0v) is 11.9. The van der Waals surface area contributed by atoms with Crippen LogP contribution in [0.5, 0.6) is 0 Å². The fourth-order valence-electron chi connectivity index (χ4n) is 2.09. The molecule has 8 heteroatoms. The first-order valence-electron chi connectivity index (χ1n) is 6.69. The Balaban J connectivity index is 2.19. The van der Waals surface area contributed by atoms with Crippen molar-refractivity contribution >= 4 is 11.8 Å². The molecule has 0 spiro atoms. The highest BCUT2D eigenvalue weighted by atomic mass is 19.4. The number of nitrogens with zero attached hydrogens (tertiary/aromatic N) is 2. The number of carboxylic acid groups (broad SMARTS) is 1. The smallest absolute Gasteiger partial charge is 0.433 e. The number of halogens is 3. The van der Waals surface area contributed by atoms with Gasteiger partial charge in [-0.1, -0.05) is 11.6 Å². The summed E-state index contributed by atoms with van der Waals surface area (Å²) in [6.45, 7) is 1.90. The lowest BCUT2D eigenvalue weighted by Gasteiger charge is -2.22. The second-order valence-electron chi connectivity index (χ2n) is 5.12. The van der Waals surface area contributed by atoms with E-state index in [4.69, 9.17) is 5.11 Å². The standard InChI is InChI=1S/C14H16F3N3O2/c1-20-6-4-9(5-7-20)8-18-12-10(13(21)22)2-3-11(19-12)14(15,16)17/h2-4H,5-8H2,1H3,(H,18,19)(H,21,22). The Labute approximate surface area is 125 Å². The van der Waals surface area contributed by atoms with Crippen molar-refractivity contribution in [2.45, 2.75) is 12.6 Å². The summed E-state index contributed by atoms with van der Waals surface area (Å²) in [6, 6.07) is 1.59. The highest BCUT2D eigenvalue weighted by Crippen LogP contribution is 2.29. The summed E-state index contributed by atoms with van der Waals surface area (Å²) in [5.41, 5.74) is -0.368.